The largest absolute Gasteiger partial charge is 0.497 e. The molecular weight excluding hydrogens is 424 g/mol. The molecule has 0 aromatic heterocycles. The molecule has 2 aromatic carbocycles. The molecule has 0 spiro atoms. The summed E-state index contributed by atoms with van der Waals surface area (Å²) in [6, 6.07) is 9.54. The van der Waals surface area contributed by atoms with E-state index in [1.165, 1.54) is 19.2 Å². The van der Waals surface area contributed by atoms with Crippen LogP contribution >= 0.6 is 31.9 Å². The summed E-state index contributed by atoms with van der Waals surface area (Å²) in [5, 5.41) is 0. The number of nitrogens with one attached hydrogen (secondary N) is 1. The lowest BCUT2D eigenvalue weighted by molar-refractivity contribution is 0.414. The maximum Gasteiger partial charge on any atom is 0.263 e. The molecule has 0 amide bonds. The topological polar surface area (TPSA) is 81.4 Å². The van der Waals surface area contributed by atoms with E-state index < -0.39 is 10.0 Å². The third kappa shape index (κ3) is 3.69. The zero-order valence-corrected chi connectivity index (χ0v) is 14.9. The maximum absolute atomic E-state index is 12.4. The van der Waals surface area contributed by atoms with Gasteiger partial charge in [0.05, 0.1) is 18.5 Å². The van der Waals surface area contributed by atoms with E-state index in [2.05, 4.69) is 36.6 Å². The smallest absolute Gasteiger partial charge is 0.263 e. The summed E-state index contributed by atoms with van der Waals surface area (Å²) >= 11 is 6.61. The van der Waals surface area contributed by atoms with Crippen LogP contribution in [0.3, 0.4) is 0 Å². The first-order valence-corrected chi connectivity index (χ1v) is 8.82. The van der Waals surface area contributed by atoms with Gasteiger partial charge in [0.1, 0.15) is 10.6 Å². The Morgan fingerprint density at radius 2 is 1.86 bits per heavy atom. The summed E-state index contributed by atoms with van der Waals surface area (Å²) in [7, 11) is -2.29. The Bertz CT molecular complexity index is 779. The van der Waals surface area contributed by atoms with E-state index in [1.807, 2.05) is 0 Å². The number of benzene rings is 2. The molecule has 8 heteroatoms. The van der Waals surface area contributed by atoms with Crippen LogP contribution in [0.5, 0.6) is 5.75 Å². The lowest BCUT2D eigenvalue weighted by Crippen LogP contribution is -2.15. The number of halogens is 2. The number of sulfonamides is 1. The van der Waals surface area contributed by atoms with Crippen LogP contribution in [0, 0.1) is 0 Å². The monoisotopic (exact) mass is 434 g/mol. The van der Waals surface area contributed by atoms with E-state index in [1.54, 1.807) is 24.3 Å². The Labute approximate surface area is 139 Å². The molecule has 0 aliphatic heterocycles. The van der Waals surface area contributed by atoms with Crippen molar-refractivity contribution in [2.24, 2.45) is 0 Å². The van der Waals surface area contributed by atoms with Crippen LogP contribution in [0.25, 0.3) is 0 Å². The number of nitrogens with two attached hydrogens (primary N) is 1. The average Bonchev–Trinajstić information content (AvgIpc) is 2.41. The molecule has 3 N–H and O–H groups in total. The molecule has 0 fully saturated rings. The van der Waals surface area contributed by atoms with Gasteiger partial charge in [0, 0.05) is 15.0 Å². The lowest BCUT2D eigenvalue weighted by Gasteiger charge is -2.12. The van der Waals surface area contributed by atoms with Gasteiger partial charge in [-0.15, -0.1) is 0 Å². The van der Waals surface area contributed by atoms with E-state index >= 15 is 0 Å². The molecule has 0 heterocycles. The van der Waals surface area contributed by atoms with Crippen LogP contribution in [-0.4, -0.2) is 15.5 Å². The number of methoxy groups -OCH3 is 1. The second-order valence-corrected chi connectivity index (χ2v) is 7.55. The van der Waals surface area contributed by atoms with Gasteiger partial charge in [0.2, 0.25) is 0 Å². The SMILES string of the molecule is COc1ccc(S(=O)(=O)Nc2ccc(Br)cc2Br)c(N)c1. The van der Waals surface area contributed by atoms with Crippen molar-refractivity contribution in [3.05, 3.63) is 45.3 Å². The minimum Gasteiger partial charge on any atom is -0.497 e. The Morgan fingerprint density at radius 1 is 1.14 bits per heavy atom. The number of rotatable bonds is 4. The molecule has 0 radical (unpaired) electrons. The molecule has 0 saturated carbocycles. The molecule has 0 unspecified atom stereocenters. The predicted octanol–water partition coefficient (Wildman–Crippen LogP) is 3.60. The van der Waals surface area contributed by atoms with Crippen molar-refractivity contribution < 1.29 is 13.2 Å². The van der Waals surface area contributed by atoms with Crippen molar-refractivity contribution >= 4 is 53.3 Å². The highest BCUT2D eigenvalue weighted by atomic mass is 79.9. The molecule has 2 rings (SSSR count). The van der Waals surface area contributed by atoms with Crippen LogP contribution in [0.2, 0.25) is 0 Å². The molecular formula is C13H12Br2N2O3S. The first kappa shape index (κ1) is 16.1. The van der Waals surface area contributed by atoms with E-state index in [9.17, 15) is 8.42 Å². The van der Waals surface area contributed by atoms with Gasteiger partial charge < -0.3 is 10.5 Å². The van der Waals surface area contributed by atoms with Gasteiger partial charge in [0.15, 0.2) is 0 Å². The van der Waals surface area contributed by atoms with Crippen molar-refractivity contribution in [2.75, 3.05) is 17.6 Å². The molecule has 0 saturated heterocycles. The fraction of sp³-hybridized carbons (Fsp3) is 0.0769. The summed E-state index contributed by atoms with van der Waals surface area (Å²) in [5.74, 6) is 0.497. The van der Waals surface area contributed by atoms with E-state index in [0.29, 0.717) is 15.9 Å². The Balaban J connectivity index is 2.38. The first-order valence-electron chi connectivity index (χ1n) is 5.75. The maximum atomic E-state index is 12.4. The number of ether oxygens (including phenoxy) is 1. The number of hydrogen-bond donors (Lipinski definition) is 2. The molecule has 112 valence electrons. The van der Waals surface area contributed by atoms with Gasteiger partial charge in [-0.2, -0.15) is 0 Å². The van der Waals surface area contributed by atoms with Gasteiger partial charge in [-0.3, -0.25) is 4.72 Å². The average molecular weight is 436 g/mol. The number of hydrogen-bond acceptors (Lipinski definition) is 4. The second kappa shape index (κ2) is 6.25. The van der Waals surface area contributed by atoms with Crippen molar-refractivity contribution in [2.45, 2.75) is 4.90 Å². The highest BCUT2D eigenvalue weighted by Crippen LogP contribution is 2.30. The molecule has 5 nitrogen and oxygen atoms in total. The number of nitrogen functional groups attached to an aromatic ring is 1. The van der Waals surface area contributed by atoms with Crippen molar-refractivity contribution in [3.63, 3.8) is 0 Å². The van der Waals surface area contributed by atoms with Crippen molar-refractivity contribution in [1.82, 2.24) is 0 Å². The normalized spacial score (nSPS) is 11.2. The van der Waals surface area contributed by atoms with Gasteiger partial charge >= 0.3 is 0 Å². The van der Waals surface area contributed by atoms with E-state index in [0.717, 1.165) is 4.47 Å². The minimum atomic E-state index is -3.78. The Kier molecular flexibility index (Phi) is 4.80. The fourth-order valence-electron chi connectivity index (χ4n) is 1.67. The highest BCUT2D eigenvalue weighted by molar-refractivity contribution is 9.11. The first-order chi connectivity index (χ1) is 9.83. The van der Waals surface area contributed by atoms with Crippen LogP contribution in [0.15, 0.2) is 50.2 Å². The Hall–Kier alpha value is -1.25. The molecule has 0 aliphatic rings. The van der Waals surface area contributed by atoms with Crippen molar-refractivity contribution in [3.8, 4) is 5.75 Å². The minimum absolute atomic E-state index is 0.00174. The standard InChI is InChI=1S/C13H12Br2N2O3S/c1-20-9-3-5-13(11(16)7-9)21(18,19)17-12-4-2-8(14)6-10(12)15/h2-7,17H,16H2,1H3. The molecule has 0 bridgehead atoms. The van der Waals surface area contributed by atoms with E-state index in [4.69, 9.17) is 10.5 Å². The van der Waals surface area contributed by atoms with Crippen LogP contribution in [-0.2, 0) is 10.0 Å². The third-order valence-corrected chi connectivity index (χ3v) is 5.27. The highest BCUT2D eigenvalue weighted by Gasteiger charge is 2.19. The van der Waals surface area contributed by atoms with Crippen LogP contribution in [0.1, 0.15) is 0 Å². The van der Waals surface area contributed by atoms with Gasteiger partial charge in [-0.05, 0) is 46.3 Å². The quantitative estimate of drug-likeness (QED) is 0.718. The van der Waals surface area contributed by atoms with E-state index in [-0.39, 0.29) is 10.6 Å². The summed E-state index contributed by atoms with van der Waals surface area (Å²) in [6.07, 6.45) is 0. The Morgan fingerprint density at radius 3 is 2.43 bits per heavy atom. The van der Waals surface area contributed by atoms with Gasteiger partial charge in [-0.1, -0.05) is 15.9 Å². The molecule has 0 aliphatic carbocycles. The van der Waals surface area contributed by atoms with Gasteiger partial charge in [0.25, 0.3) is 10.0 Å². The van der Waals surface area contributed by atoms with Crippen molar-refractivity contribution in [1.29, 1.82) is 0 Å². The van der Waals surface area contributed by atoms with Crippen LogP contribution < -0.4 is 15.2 Å². The summed E-state index contributed by atoms with van der Waals surface area (Å²) in [4.78, 5) is -0.00174. The molecule has 0 atom stereocenters. The fourth-order valence-corrected chi connectivity index (χ4v) is 4.14. The third-order valence-electron chi connectivity index (χ3n) is 2.68. The molecule has 21 heavy (non-hydrogen) atoms. The summed E-state index contributed by atoms with van der Waals surface area (Å²) in [6.45, 7) is 0. The molecule has 2 aromatic rings. The summed E-state index contributed by atoms with van der Waals surface area (Å²) in [5.41, 5.74) is 6.33. The zero-order chi connectivity index (χ0) is 15.6. The number of anilines is 2. The summed E-state index contributed by atoms with van der Waals surface area (Å²) < 4.78 is 33.7. The van der Waals surface area contributed by atoms with Gasteiger partial charge in [-0.25, -0.2) is 8.42 Å². The lowest BCUT2D eigenvalue weighted by atomic mass is 10.3. The predicted molar refractivity (Wildman–Crippen MR) is 90.1 cm³/mol. The second-order valence-electron chi connectivity index (χ2n) is 4.13. The van der Waals surface area contributed by atoms with Crippen LogP contribution in [0.4, 0.5) is 11.4 Å². The zero-order valence-electron chi connectivity index (χ0n) is 10.9.